The summed E-state index contributed by atoms with van der Waals surface area (Å²) in [7, 11) is 0. The highest BCUT2D eigenvalue weighted by molar-refractivity contribution is 5.79. The summed E-state index contributed by atoms with van der Waals surface area (Å²) in [5, 5.41) is 0. The van der Waals surface area contributed by atoms with E-state index in [9.17, 15) is 0 Å². The zero-order chi connectivity index (χ0) is 18.3. The Hall–Kier alpha value is -2.41. The number of allylic oxidation sites excluding steroid dienone is 5. The van der Waals surface area contributed by atoms with Gasteiger partial charge in [0.05, 0.1) is 5.69 Å². The molecule has 0 fully saturated rings. The zero-order valence-corrected chi connectivity index (χ0v) is 15.9. The van der Waals surface area contributed by atoms with Gasteiger partial charge in [-0.3, -0.25) is 4.98 Å². The average molecular weight is 332 g/mol. The first-order chi connectivity index (χ1) is 12.2. The van der Waals surface area contributed by atoms with E-state index in [1.54, 1.807) is 0 Å². The molecule has 0 bridgehead atoms. The van der Waals surface area contributed by atoms with E-state index < -0.39 is 0 Å². The Morgan fingerprint density at radius 3 is 2.40 bits per heavy atom. The number of benzene rings is 1. The van der Waals surface area contributed by atoms with Crippen molar-refractivity contribution < 1.29 is 0 Å². The summed E-state index contributed by atoms with van der Waals surface area (Å²) < 4.78 is 0. The summed E-state index contributed by atoms with van der Waals surface area (Å²) in [5.41, 5.74) is 5.95. The van der Waals surface area contributed by atoms with Crippen LogP contribution in [-0.4, -0.2) is 4.98 Å². The Balaban J connectivity index is 2.75. The van der Waals surface area contributed by atoms with Crippen molar-refractivity contribution in [2.24, 2.45) is 0 Å². The third-order valence-corrected chi connectivity index (χ3v) is 5.14. The van der Waals surface area contributed by atoms with E-state index in [4.69, 9.17) is 0 Å². The standard InChI is InChI=1S/C24H29N/c1-6-13-19(7-2)20-15-16-22(24(8-3,9-4)10-5)21(18-20)23-14-11-12-17-25-23/h6-8,11-18H,3,9-10H2,1-2,4-5H3. The maximum atomic E-state index is 4.63. The van der Waals surface area contributed by atoms with Crippen molar-refractivity contribution in [1.29, 1.82) is 0 Å². The second-order valence-corrected chi connectivity index (χ2v) is 6.29. The summed E-state index contributed by atoms with van der Waals surface area (Å²) in [6.45, 7) is 12.7. The third-order valence-electron chi connectivity index (χ3n) is 5.14. The van der Waals surface area contributed by atoms with E-state index in [-0.39, 0.29) is 5.41 Å². The first-order valence-electron chi connectivity index (χ1n) is 9.14. The molecule has 130 valence electrons. The van der Waals surface area contributed by atoms with Crippen molar-refractivity contribution in [3.05, 3.63) is 84.6 Å². The van der Waals surface area contributed by atoms with Gasteiger partial charge in [0, 0.05) is 17.2 Å². The molecule has 2 rings (SSSR count). The van der Waals surface area contributed by atoms with Crippen LogP contribution >= 0.6 is 0 Å². The van der Waals surface area contributed by atoms with Crippen LogP contribution in [-0.2, 0) is 5.41 Å². The Morgan fingerprint density at radius 1 is 1.12 bits per heavy atom. The van der Waals surface area contributed by atoms with Gasteiger partial charge in [0.25, 0.3) is 0 Å². The van der Waals surface area contributed by atoms with Crippen LogP contribution in [0.5, 0.6) is 0 Å². The van der Waals surface area contributed by atoms with Crippen LogP contribution < -0.4 is 0 Å². The van der Waals surface area contributed by atoms with E-state index >= 15 is 0 Å². The summed E-state index contributed by atoms with van der Waals surface area (Å²) in [6, 6.07) is 12.9. The van der Waals surface area contributed by atoms with Crippen molar-refractivity contribution in [2.45, 2.75) is 46.0 Å². The Bertz CT molecular complexity index is 762. The summed E-state index contributed by atoms with van der Waals surface area (Å²) in [5.74, 6) is 0. The molecule has 0 atom stereocenters. The molecule has 0 spiro atoms. The Kier molecular flexibility index (Phi) is 6.52. The van der Waals surface area contributed by atoms with Gasteiger partial charge in [0.2, 0.25) is 0 Å². The van der Waals surface area contributed by atoms with E-state index in [1.807, 2.05) is 12.3 Å². The maximum Gasteiger partial charge on any atom is 0.0705 e. The highest BCUT2D eigenvalue weighted by atomic mass is 14.7. The van der Waals surface area contributed by atoms with Gasteiger partial charge in [-0.25, -0.2) is 0 Å². The predicted molar refractivity (Wildman–Crippen MR) is 111 cm³/mol. The molecule has 1 heterocycles. The summed E-state index contributed by atoms with van der Waals surface area (Å²) in [4.78, 5) is 4.63. The first kappa shape index (κ1) is 18.9. The molecule has 0 saturated heterocycles. The van der Waals surface area contributed by atoms with Crippen LogP contribution in [0.3, 0.4) is 0 Å². The molecule has 0 aliphatic carbocycles. The molecule has 0 unspecified atom stereocenters. The van der Waals surface area contributed by atoms with Crippen molar-refractivity contribution in [3.63, 3.8) is 0 Å². The van der Waals surface area contributed by atoms with Gasteiger partial charge in [-0.2, -0.15) is 0 Å². The predicted octanol–water partition coefficient (Wildman–Crippen LogP) is 6.97. The molecular weight excluding hydrogens is 302 g/mol. The van der Waals surface area contributed by atoms with Crippen molar-refractivity contribution in [1.82, 2.24) is 4.98 Å². The topological polar surface area (TPSA) is 12.9 Å². The molecule has 0 amide bonds. The van der Waals surface area contributed by atoms with Gasteiger partial charge in [-0.05, 0) is 61.6 Å². The minimum Gasteiger partial charge on any atom is -0.256 e. The molecule has 1 nitrogen and oxygen atoms in total. The fourth-order valence-electron chi connectivity index (χ4n) is 3.46. The van der Waals surface area contributed by atoms with E-state index in [2.05, 4.69) is 93.9 Å². The molecule has 0 radical (unpaired) electrons. The molecule has 1 aromatic heterocycles. The molecule has 0 aliphatic rings. The van der Waals surface area contributed by atoms with Gasteiger partial charge in [0.1, 0.15) is 0 Å². The fourth-order valence-corrected chi connectivity index (χ4v) is 3.46. The minimum atomic E-state index is -0.0257. The van der Waals surface area contributed by atoms with E-state index in [1.165, 1.54) is 22.3 Å². The molecule has 1 heteroatoms. The SMILES string of the molecule is C=CC(CC)(CC)c1ccc(C(C=CC)=CC)cc1-c1ccccn1. The zero-order valence-electron chi connectivity index (χ0n) is 15.9. The average Bonchev–Trinajstić information content (AvgIpc) is 2.69. The lowest BCUT2D eigenvalue weighted by Gasteiger charge is -2.31. The number of nitrogens with zero attached hydrogens (tertiary/aromatic N) is 1. The van der Waals surface area contributed by atoms with E-state index in [0.29, 0.717) is 0 Å². The first-order valence-corrected chi connectivity index (χ1v) is 9.14. The Morgan fingerprint density at radius 2 is 1.88 bits per heavy atom. The van der Waals surface area contributed by atoms with Crippen LogP contribution in [0.2, 0.25) is 0 Å². The lowest BCUT2D eigenvalue weighted by Crippen LogP contribution is -2.22. The van der Waals surface area contributed by atoms with Gasteiger partial charge in [-0.1, -0.05) is 56.4 Å². The second kappa shape index (κ2) is 8.62. The Labute approximate surface area is 152 Å². The van der Waals surface area contributed by atoms with Crippen LogP contribution in [0.25, 0.3) is 16.8 Å². The lowest BCUT2D eigenvalue weighted by molar-refractivity contribution is 0.499. The minimum absolute atomic E-state index is 0.0257. The number of hydrogen-bond acceptors (Lipinski definition) is 1. The number of aromatic nitrogens is 1. The molecule has 25 heavy (non-hydrogen) atoms. The molecule has 0 saturated carbocycles. The van der Waals surface area contributed by atoms with Crippen molar-refractivity contribution in [2.75, 3.05) is 0 Å². The molecule has 1 aromatic carbocycles. The van der Waals surface area contributed by atoms with Gasteiger partial charge < -0.3 is 0 Å². The highest BCUT2D eigenvalue weighted by Crippen LogP contribution is 2.40. The monoisotopic (exact) mass is 331 g/mol. The van der Waals surface area contributed by atoms with Crippen molar-refractivity contribution in [3.8, 4) is 11.3 Å². The van der Waals surface area contributed by atoms with E-state index in [0.717, 1.165) is 18.5 Å². The molecule has 2 aromatic rings. The van der Waals surface area contributed by atoms with Crippen LogP contribution in [0.15, 0.2) is 73.5 Å². The van der Waals surface area contributed by atoms with Crippen molar-refractivity contribution >= 4 is 5.57 Å². The highest BCUT2D eigenvalue weighted by Gasteiger charge is 2.28. The van der Waals surface area contributed by atoms with Gasteiger partial charge >= 0.3 is 0 Å². The quantitative estimate of drug-likeness (QED) is 0.394. The lowest BCUT2D eigenvalue weighted by atomic mass is 9.73. The molecule has 0 N–H and O–H groups in total. The van der Waals surface area contributed by atoms with Gasteiger partial charge in [0.15, 0.2) is 0 Å². The summed E-state index contributed by atoms with van der Waals surface area (Å²) >= 11 is 0. The normalized spacial score (nSPS) is 12.6. The van der Waals surface area contributed by atoms with Crippen LogP contribution in [0.1, 0.15) is 51.7 Å². The number of hydrogen-bond donors (Lipinski definition) is 0. The third kappa shape index (κ3) is 3.82. The summed E-state index contributed by atoms with van der Waals surface area (Å²) in [6.07, 6.45) is 12.4. The fraction of sp³-hybridized carbons (Fsp3) is 0.292. The number of pyridine rings is 1. The largest absolute Gasteiger partial charge is 0.256 e. The number of rotatable bonds is 7. The smallest absolute Gasteiger partial charge is 0.0705 e. The van der Waals surface area contributed by atoms with Crippen LogP contribution in [0, 0.1) is 0 Å². The molecule has 0 aliphatic heterocycles. The molecular formula is C24H29N. The maximum absolute atomic E-state index is 4.63. The second-order valence-electron chi connectivity index (χ2n) is 6.29. The van der Waals surface area contributed by atoms with Gasteiger partial charge in [-0.15, -0.1) is 6.58 Å². The van der Waals surface area contributed by atoms with Crippen LogP contribution in [0.4, 0.5) is 0 Å².